The van der Waals surface area contributed by atoms with Gasteiger partial charge in [-0.15, -0.1) is 0 Å². The summed E-state index contributed by atoms with van der Waals surface area (Å²) in [6.45, 7) is 9.81. The van der Waals surface area contributed by atoms with E-state index in [1.54, 1.807) is 6.07 Å². The Morgan fingerprint density at radius 2 is 1.55 bits per heavy atom. The zero-order valence-corrected chi connectivity index (χ0v) is 18.2. The Morgan fingerprint density at radius 3 is 2.16 bits per heavy atom. The Labute approximate surface area is 183 Å². The first-order valence-electron chi connectivity index (χ1n) is 10.5. The summed E-state index contributed by atoms with van der Waals surface area (Å²) < 4.78 is 0. The number of pyridine rings is 1. The molecule has 1 amide bonds. The van der Waals surface area contributed by atoms with Crippen molar-refractivity contribution in [1.82, 2.24) is 15.0 Å². The monoisotopic (exact) mass is 416 g/mol. The predicted molar refractivity (Wildman–Crippen MR) is 124 cm³/mol. The first kappa shape index (κ1) is 20.8. The van der Waals surface area contributed by atoms with Crippen LogP contribution in [0.3, 0.4) is 0 Å². The zero-order valence-electron chi connectivity index (χ0n) is 18.2. The maximum absolute atomic E-state index is 12.7. The Bertz CT molecular complexity index is 1020. The third-order valence-corrected chi connectivity index (χ3v) is 5.47. The van der Waals surface area contributed by atoms with E-state index in [1.165, 1.54) is 11.9 Å². The fourth-order valence-electron chi connectivity index (χ4n) is 3.60. The second-order valence-electron chi connectivity index (χ2n) is 8.70. The Morgan fingerprint density at radius 1 is 0.871 bits per heavy atom. The van der Waals surface area contributed by atoms with E-state index in [9.17, 15) is 4.79 Å². The molecule has 31 heavy (non-hydrogen) atoms. The van der Waals surface area contributed by atoms with Gasteiger partial charge >= 0.3 is 0 Å². The second kappa shape index (κ2) is 8.71. The number of nitrogens with zero attached hydrogens (tertiary/aromatic N) is 5. The van der Waals surface area contributed by atoms with Crippen molar-refractivity contribution >= 4 is 23.2 Å². The molecule has 1 aromatic carbocycles. The average molecular weight is 417 g/mol. The molecule has 0 bridgehead atoms. The number of rotatable bonds is 4. The molecule has 0 spiro atoms. The summed E-state index contributed by atoms with van der Waals surface area (Å²) in [5.41, 5.74) is 2.41. The van der Waals surface area contributed by atoms with Crippen molar-refractivity contribution < 1.29 is 4.79 Å². The van der Waals surface area contributed by atoms with Gasteiger partial charge in [-0.2, -0.15) is 0 Å². The van der Waals surface area contributed by atoms with Crippen LogP contribution in [0.1, 0.15) is 36.8 Å². The quantitative estimate of drug-likeness (QED) is 0.698. The summed E-state index contributed by atoms with van der Waals surface area (Å²) in [6.07, 6.45) is 3.27. The molecule has 0 radical (unpaired) electrons. The molecular formula is C24H28N6O. The van der Waals surface area contributed by atoms with Crippen molar-refractivity contribution in [2.75, 3.05) is 41.3 Å². The van der Waals surface area contributed by atoms with Gasteiger partial charge in [0.1, 0.15) is 23.7 Å². The summed E-state index contributed by atoms with van der Waals surface area (Å²) in [5, 5.41) is 2.93. The van der Waals surface area contributed by atoms with Gasteiger partial charge in [0.05, 0.1) is 0 Å². The molecule has 2 aromatic heterocycles. The van der Waals surface area contributed by atoms with Crippen LogP contribution in [0.15, 0.2) is 61.1 Å². The van der Waals surface area contributed by atoms with Crippen LogP contribution in [0.4, 0.5) is 17.3 Å². The third kappa shape index (κ3) is 4.99. The molecule has 3 aromatic rings. The van der Waals surface area contributed by atoms with Gasteiger partial charge in [0.25, 0.3) is 5.91 Å². The van der Waals surface area contributed by atoms with Crippen molar-refractivity contribution in [3.63, 3.8) is 0 Å². The normalized spacial score (nSPS) is 14.4. The highest BCUT2D eigenvalue weighted by molar-refractivity contribution is 6.03. The summed E-state index contributed by atoms with van der Waals surface area (Å²) in [7, 11) is 0. The van der Waals surface area contributed by atoms with E-state index in [-0.39, 0.29) is 11.3 Å². The molecule has 0 unspecified atom stereocenters. The molecule has 0 atom stereocenters. The van der Waals surface area contributed by atoms with Crippen molar-refractivity contribution in [3.8, 4) is 0 Å². The molecule has 1 N–H and O–H groups in total. The fourth-order valence-corrected chi connectivity index (χ4v) is 3.60. The summed E-state index contributed by atoms with van der Waals surface area (Å²) in [6, 6.07) is 15.7. The smallest absolute Gasteiger partial charge is 0.274 e. The number of anilines is 3. The van der Waals surface area contributed by atoms with Crippen LogP contribution < -0.4 is 15.1 Å². The van der Waals surface area contributed by atoms with E-state index in [4.69, 9.17) is 0 Å². The number of hydrogen-bond acceptors (Lipinski definition) is 6. The van der Waals surface area contributed by atoms with Gasteiger partial charge in [0.2, 0.25) is 0 Å². The van der Waals surface area contributed by atoms with Crippen LogP contribution in [-0.4, -0.2) is 47.0 Å². The van der Waals surface area contributed by atoms with Gasteiger partial charge in [-0.1, -0.05) is 39.0 Å². The highest BCUT2D eigenvalue weighted by Gasteiger charge is 2.20. The highest BCUT2D eigenvalue weighted by Crippen LogP contribution is 2.24. The SMILES string of the molecule is CC(C)(C)c1ccc(NC(=O)c2cc(N3CCN(c4ccccn4)CC3)ncn2)cc1. The van der Waals surface area contributed by atoms with Crippen LogP contribution in [0.2, 0.25) is 0 Å². The number of benzene rings is 1. The van der Waals surface area contributed by atoms with E-state index in [0.29, 0.717) is 5.69 Å². The summed E-state index contributed by atoms with van der Waals surface area (Å²) in [5.74, 6) is 1.52. The first-order valence-corrected chi connectivity index (χ1v) is 10.5. The number of amides is 1. The summed E-state index contributed by atoms with van der Waals surface area (Å²) in [4.78, 5) is 30.2. The predicted octanol–water partition coefficient (Wildman–Crippen LogP) is 3.75. The van der Waals surface area contributed by atoms with Crippen LogP contribution in [0.25, 0.3) is 0 Å². The highest BCUT2D eigenvalue weighted by atomic mass is 16.1. The van der Waals surface area contributed by atoms with Crippen molar-refractivity contribution in [2.24, 2.45) is 0 Å². The van der Waals surface area contributed by atoms with Crippen molar-refractivity contribution in [2.45, 2.75) is 26.2 Å². The Kier molecular flexibility index (Phi) is 5.84. The number of carbonyl (C=O) groups excluding carboxylic acids is 1. The molecular weight excluding hydrogens is 388 g/mol. The standard InChI is InChI=1S/C24H28N6O/c1-24(2,3)18-7-9-19(10-8-18)28-23(31)20-16-22(27-17-26-20)30-14-12-29(13-15-30)21-6-4-5-11-25-21/h4-11,16-17H,12-15H2,1-3H3,(H,28,31). The number of piperazine rings is 1. The number of carbonyl (C=O) groups is 1. The lowest BCUT2D eigenvalue weighted by Crippen LogP contribution is -2.47. The van der Waals surface area contributed by atoms with E-state index < -0.39 is 0 Å². The second-order valence-corrected chi connectivity index (χ2v) is 8.70. The number of nitrogens with one attached hydrogen (secondary N) is 1. The van der Waals surface area contributed by atoms with Crippen LogP contribution in [0.5, 0.6) is 0 Å². The van der Waals surface area contributed by atoms with Gasteiger partial charge in [-0.3, -0.25) is 4.79 Å². The maximum Gasteiger partial charge on any atom is 0.274 e. The molecule has 160 valence electrons. The first-order chi connectivity index (χ1) is 14.9. The van der Waals surface area contributed by atoms with Gasteiger partial charge < -0.3 is 15.1 Å². The molecule has 1 saturated heterocycles. The molecule has 3 heterocycles. The maximum atomic E-state index is 12.7. The van der Waals surface area contributed by atoms with Gasteiger partial charge in [-0.05, 0) is 35.2 Å². The molecule has 7 heteroatoms. The fraction of sp³-hybridized carbons (Fsp3) is 0.333. The lowest BCUT2D eigenvalue weighted by atomic mass is 9.87. The van der Waals surface area contributed by atoms with Crippen molar-refractivity contribution in [3.05, 3.63) is 72.3 Å². The molecule has 1 fully saturated rings. The minimum atomic E-state index is -0.237. The average Bonchev–Trinajstić information content (AvgIpc) is 2.80. The molecule has 1 aliphatic heterocycles. The van der Waals surface area contributed by atoms with Crippen LogP contribution in [-0.2, 0) is 5.41 Å². The topological polar surface area (TPSA) is 74.2 Å². The number of hydrogen-bond donors (Lipinski definition) is 1. The zero-order chi connectivity index (χ0) is 21.8. The van der Waals surface area contributed by atoms with Crippen LogP contribution >= 0.6 is 0 Å². The van der Waals surface area contributed by atoms with E-state index >= 15 is 0 Å². The molecule has 7 nitrogen and oxygen atoms in total. The minimum absolute atomic E-state index is 0.0741. The van der Waals surface area contributed by atoms with E-state index in [1.807, 2.05) is 48.7 Å². The molecule has 0 aliphatic carbocycles. The molecule has 1 aliphatic rings. The third-order valence-electron chi connectivity index (χ3n) is 5.47. The number of aromatic nitrogens is 3. The minimum Gasteiger partial charge on any atom is -0.353 e. The van der Waals surface area contributed by atoms with E-state index in [0.717, 1.165) is 43.5 Å². The van der Waals surface area contributed by atoms with Crippen molar-refractivity contribution in [1.29, 1.82) is 0 Å². The Hall–Kier alpha value is -3.48. The summed E-state index contributed by atoms with van der Waals surface area (Å²) >= 11 is 0. The van der Waals surface area contributed by atoms with E-state index in [2.05, 4.69) is 50.8 Å². The van der Waals surface area contributed by atoms with Gasteiger partial charge in [0.15, 0.2) is 0 Å². The van der Waals surface area contributed by atoms with Gasteiger partial charge in [0, 0.05) is 44.1 Å². The lowest BCUT2D eigenvalue weighted by molar-refractivity contribution is 0.102. The molecule has 4 rings (SSSR count). The van der Waals surface area contributed by atoms with Gasteiger partial charge in [-0.25, -0.2) is 15.0 Å². The van der Waals surface area contributed by atoms with Crippen LogP contribution in [0, 0.1) is 0 Å². The lowest BCUT2D eigenvalue weighted by Gasteiger charge is -2.36. The molecule has 0 saturated carbocycles. The Balaban J connectivity index is 1.40. The largest absolute Gasteiger partial charge is 0.353 e.